The summed E-state index contributed by atoms with van der Waals surface area (Å²) >= 11 is 0. The molecule has 0 spiro atoms. The molecule has 0 aliphatic rings. The van der Waals surface area contributed by atoms with Crippen LogP contribution in [0.3, 0.4) is 0 Å². The number of rotatable bonds is 4. The predicted octanol–water partition coefficient (Wildman–Crippen LogP) is 10.6. The van der Waals surface area contributed by atoms with Crippen molar-refractivity contribution in [3.8, 4) is 33.6 Å². The Balaban J connectivity index is 1.24. The predicted molar refractivity (Wildman–Crippen MR) is 238 cm³/mol. The minimum atomic E-state index is 0.860. The van der Waals surface area contributed by atoms with E-state index in [1.165, 1.54) is 0 Å². The van der Waals surface area contributed by atoms with Gasteiger partial charge in [-0.1, -0.05) is 116 Å². The zero-order chi connectivity index (χ0) is 38.5. The highest BCUT2D eigenvalue weighted by molar-refractivity contribution is 6.09. The van der Waals surface area contributed by atoms with Crippen LogP contribution in [0.5, 0.6) is 0 Å². The number of benzene rings is 5. The zero-order valence-electron chi connectivity index (χ0n) is 31.5. The van der Waals surface area contributed by atoms with Crippen LogP contribution in [0.15, 0.2) is 165 Å². The molecule has 5 aromatic carbocycles. The van der Waals surface area contributed by atoms with Crippen LogP contribution in [-0.4, -0.2) is 33.1 Å². The van der Waals surface area contributed by atoms with Gasteiger partial charge in [0.2, 0.25) is 0 Å². The van der Waals surface area contributed by atoms with Gasteiger partial charge in [0.1, 0.15) is 16.9 Å². The lowest BCUT2D eigenvalue weighted by atomic mass is 9.95. The Morgan fingerprint density at radius 2 is 0.897 bits per heavy atom. The fourth-order valence-corrected chi connectivity index (χ4v) is 8.94. The van der Waals surface area contributed by atoms with Crippen LogP contribution in [0, 0.1) is 0 Å². The van der Waals surface area contributed by atoms with Crippen LogP contribution in [0.1, 0.15) is 6.92 Å². The van der Waals surface area contributed by atoms with Crippen molar-refractivity contribution in [1.29, 1.82) is 0 Å². The Morgan fingerprint density at radius 3 is 1.40 bits per heavy atom. The Morgan fingerprint density at radius 1 is 0.466 bits per heavy atom. The Bertz CT molecular complexity index is 3670. The van der Waals surface area contributed by atoms with Crippen LogP contribution < -0.4 is 10.7 Å². The lowest BCUT2D eigenvalue weighted by Crippen LogP contribution is -2.26. The van der Waals surface area contributed by atoms with E-state index in [0.717, 1.165) is 116 Å². The molecule has 0 saturated heterocycles. The second kappa shape index (κ2) is 12.3. The molecule has 0 radical (unpaired) electrons. The molecular weight excluding hydrogens is 711 g/mol. The number of hydrogen-bond donors (Lipinski definition) is 0. The Hall–Kier alpha value is -7.90. The van der Waals surface area contributed by atoms with Crippen molar-refractivity contribution < 1.29 is 0 Å². The summed E-state index contributed by atoms with van der Waals surface area (Å²) in [6.07, 6.45) is 12.6. The molecule has 0 atom stereocenters. The molecule has 0 bridgehead atoms. The maximum atomic E-state index is 5.64. The highest BCUT2D eigenvalue weighted by atomic mass is 15.0. The molecule has 7 heterocycles. The molecule has 0 fully saturated rings. The summed E-state index contributed by atoms with van der Waals surface area (Å²) in [4.78, 5) is 20.9. The Kier molecular flexibility index (Phi) is 6.86. The average Bonchev–Trinajstić information content (AvgIpc) is 3.97. The van der Waals surface area contributed by atoms with Gasteiger partial charge < -0.3 is 0 Å². The van der Waals surface area contributed by atoms with Crippen LogP contribution in [0.2, 0.25) is 0 Å². The Labute approximate surface area is 331 Å². The molecule has 7 heteroatoms. The van der Waals surface area contributed by atoms with Gasteiger partial charge in [0.05, 0.1) is 44.2 Å². The molecule has 0 aliphatic heterocycles. The lowest BCUT2D eigenvalue weighted by Gasteiger charge is -2.16. The van der Waals surface area contributed by atoms with Crippen molar-refractivity contribution in [1.82, 2.24) is 33.1 Å². The monoisotopic (exact) mass is 743 g/mol. The number of pyridine rings is 4. The summed E-state index contributed by atoms with van der Waals surface area (Å²) in [7, 11) is 0. The van der Waals surface area contributed by atoms with Crippen LogP contribution in [-0.2, 0) is 0 Å². The first kappa shape index (κ1) is 32.4. The van der Waals surface area contributed by atoms with Crippen LogP contribution in [0.25, 0.3) is 117 Å². The molecule has 0 aliphatic carbocycles. The molecule has 7 aromatic heterocycles. The van der Waals surface area contributed by atoms with Gasteiger partial charge in [-0.25, -0.2) is 19.9 Å². The van der Waals surface area contributed by atoms with E-state index in [9.17, 15) is 0 Å². The highest BCUT2D eigenvalue weighted by Gasteiger charge is 2.20. The third-order valence-corrected chi connectivity index (χ3v) is 11.6. The largest absolute Gasteiger partial charge is 0.298 e. The first-order chi connectivity index (χ1) is 28.7. The molecule has 12 rings (SSSR count). The third-order valence-electron chi connectivity index (χ3n) is 11.6. The molecule has 0 N–H and O–H groups in total. The first-order valence-electron chi connectivity index (χ1n) is 19.5. The zero-order valence-corrected chi connectivity index (χ0v) is 31.5. The van der Waals surface area contributed by atoms with Crippen molar-refractivity contribution in [2.75, 3.05) is 0 Å². The standard InChI is InChI=1S/C51H33N7/c1-3-15-46-41(4-2)53-49-35-19-8-5-16-32(35)38(28-56(46)49)31-26-44(39-29-57-47-24-13-11-22-42(47)54-50(57)36-20-9-6-17-33(36)39)52-45(27-31)40-30-58-48-25-14-12-23-43(48)55-51(58)37-21-10-7-18-34(37)40/h3-30H,1H2,2H3/b41-4+,46-15+. The molecule has 0 unspecified atom stereocenters. The van der Waals surface area contributed by atoms with Gasteiger partial charge in [-0.2, -0.15) is 0 Å². The number of para-hydroxylation sites is 4. The van der Waals surface area contributed by atoms with Gasteiger partial charge in [0, 0.05) is 51.4 Å². The third kappa shape index (κ3) is 4.61. The molecule has 58 heavy (non-hydrogen) atoms. The number of allylic oxidation sites excluding steroid dienone is 1. The quantitative estimate of drug-likeness (QED) is 0.180. The van der Waals surface area contributed by atoms with E-state index in [-0.39, 0.29) is 0 Å². The number of hydrogen-bond acceptors (Lipinski definition) is 4. The van der Waals surface area contributed by atoms with E-state index in [1.807, 2.05) is 31.2 Å². The second-order valence-electron chi connectivity index (χ2n) is 14.7. The number of imidazole rings is 3. The van der Waals surface area contributed by atoms with Crippen molar-refractivity contribution in [2.24, 2.45) is 0 Å². The molecule has 0 amide bonds. The van der Waals surface area contributed by atoms with Gasteiger partial charge in [-0.05, 0) is 71.1 Å². The van der Waals surface area contributed by atoms with Crippen molar-refractivity contribution >= 4 is 83.5 Å². The fraction of sp³-hybridized carbons (Fsp3) is 0.0196. The smallest absolute Gasteiger partial charge is 0.145 e. The van der Waals surface area contributed by atoms with E-state index in [1.54, 1.807) is 0 Å². The SMILES string of the molecule is C=C/C=c1\c(=C/C)nc2c3ccccc3c(-c3cc(-c4cn5c6ccccc6nc5c5ccccc45)nc(-c4cn5c6ccccc6nc5c5ccccc45)c3)cn12. The summed E-state index contributed by atoms with van der Waals surface area (Å²) in [6.45, 7) is 6.07. The summed E-state index contributed by atoms with van der Waals surface area (Å²) in [5.41, 5.74) is 12.6. The van der Waals surface area contributed by atoms with E-state index in [0.29, 0.717) is 0 Å². The van der Waals surface area contributed by atoms with E-state index in [2.05, 4.69) is 166 Å². The van der Waals surface area contributed by atoms with E-state index < -0.39 is 0 Å². The molecule has 12 aromatic rings. The summed E-state index contributed by atoms with van der Waals surface area (Å²) in [5.74, 6) is 0. The molecular formula is C51H33N7. The number of nitrogens with zero attached hydrogens (tertiary/aromatic N) is 7. The summed E-state index contributed by atoms with van der Waals surface area (Å²) in [6, 6.07) is 46.8. The van der Waals surface area contributed by atoms with Crippen LogP contribution >= 0.6 is 0 Å². The maximum absolute atomic E-state index is 5.64. The number of fused-ring (bicyclic) bond motifs is 13. The maximum Gasteiger partial charge on any atom is 0.145 e. The van der Waals surface area contributed by atoms with Gasteiger partial charge in [-0.15, -0.1) is 0 Å². The number of aromatic nitrogens is 7. The normalized spacial score (nSPS) is 12.8. The van der Waals surface area contributed by atoms with Crippen molar-refractivity contribution in [3.05, 3.63) is 175 Å². The van der Waals surface area contributed by atoms with Gasteiger partial charge >= 0.3 is 0 Å². The second-order valence-corrected chi connectivity index (χ2v) is 14.7. The van der Waals surface area contributed by atoms with Gasteiger partial charge in [0.25, 0.3) is 0 Å². The van der Waals surface area contributed by atoms with Crippen molar-refractivity contribution in [2.45, 2.75) is 6.92 Å². The highest BCUT2D eigenvalue weighted by Crippen LogP contribution is 2.40. The summed E-state index contributed by atoms with van der Waals surface area (Å²) in [5, 5.41) is 8.39. The first-order valence-corrected chi connectivity index (χ1v) is 19.5. The van der Waals surface area contributed by atoms with E-state index in [4.69, 9.17) is 19.9 Å². The van der Waals surface area contributed by atoms with Crippen molar-refractivity contribution in [3.63, 3.8) is 0 Å². The molecule has 272 valence electrons. The minimum absolute atomic E-state index is 0.860. The molecule has 7 nitrogen and oxygen atoms in total. The van der Waals surface area contributed by atoms with Gasteiger partial charge in [-0.3, -0.25) is 13.2 Å². The molecule has 0 saturated carbocycles. The topological polar surface area (TPSA) is 64.8 Å². The van der Waals surface area contributed by atoms with Gasteiger partial charge in [0.15, 0.2) is 0 Å². The average molecular weight is 744 g/mol. The van der Waals surface area contributed by atoms with Crippen LogP contribution in [0.4, 0.5) is 0 Å². The summed E-state index contributed by atoms with van der Waals surface area (Å²) < 4.78 is 6.63. The van der Waals surface area contributed by atoms with E-state index >= 15 is 0 Å². The lowest BCUT2D eigenvalue weighted by molar-refractivity contribution is 1.15. The fourth-order valence-electron chi connectivity index (χ4n) is 8.94. The minimum Gasteiger partial charge on any atom is -0.298 e.